The molecule has 0 unspecified atom stereocenters. The number of hydrogen-bond donors (Lipinski definition) is 2. The number of rotatable bonds is 4. The van der Waals surface area contributed by atoms with Gasteiger partial charge in [-0.2, -0.15) is 0 Å². The van der Waals surface area contributed by atoms with Crippen LogP contribution in [0.4, 0.5) is 0 Å². The molecule has 2 N–H and O–H groups in total. The summed E-state index contributed by atoms with van der Waals surface area (Å²) in [7, 11) is 0. The Morgan fingerprint density at radius 2 is 2.00 bits per heavy atom. The molecule has 2 aromatic heterocycles. The Hall–Kier alpha value is -2.08. The third-order valence-corrected chi connectivity index (χ3v) is 4.00. The number of fused-ring (bicyclic) bond motifs is 1. The zero-order valence-electron chi connectivity index (χ0n) is 11.9. The summed E-state index contributed by atoms with van der Waals surface area (Å²) in [4.78, 5) is 26.6. The van der Waals surface area contributed by atoms with Crippen LogP contribution in [0.1, 0.15) is 31.3 Å². The average Bonchev–Trinajstić information content (AvgIpc) is 2.87. The molecule has 0 radical (unpaired) electrons. The van der Waals surface area contributed by atoms with Crippen molar-refractivity contribution < 1.29 is 0 Å². The fourth-order valence-electron chi connectivity index (χ4n) is 2.03. The minimum Gasteiger partial charge on any atom is -0.341 e. The van der Waals surface area contributed by atoms with Crippen LogP contribution in [0.2, 0.25) is 0 Å². The van der Waals surface area contributed by atoms with Crippen LogP contribution in [0.15, 0.2) is 40.3 Å². The van der Waals surface area contributed by atoms with Crippen molar-refractivity contribution in [3.63, 3.8) is 0 Å². The molecule has 0 atom stereocenters. The van der Waals surface area contributed by atoms with Gasteiger partial charge in [-0.15, -0.1) is 0 Å². The molecule has 21 heavy (non-hydrogen) atoms. The number of nitrogens with one attached hydrogen (secondary N) is 2. The van der Waals surface area contributed by atoms with Crippen LogP contribution in [0.25, 0.3) is 11.0 Å². The number of aromatic nitrogens is 4. The normalized spacial score (nSPS) is 11.4. The molecule has 0 saturated heterocycles. The van der Waals surface area contributed by atoms with Gasteiger partial charge in [0.25, 0.3) is 5.56 Å². The van der Waals surface area contributed by atoms with Crippen LogP contribution in [-0.2, 0) is 5.75 Å². The van der Waals surface area contributed by atoms with Crippen molar-refractivity contribution in [2.45, 2.75) is 30.7 Å². The smallest absolute Gasteiger partial charge is 0.251 e. The average molecular weight is 300 g/mol. The number of benzene rings is 1. The molecular formula is C15H16N4OS. The fourth-order valence-corrected chi connectivity index (χ4v) is 2.78. The van der Waals surface area contributed by atoms with Crippen LogP contribution in [0, 0.1) is 0 Å². The molecule has 0 saturated carbocycles. The van der Waals surface area contributed by atoms with Crippen molar-refractivity contribution in [2.75, 3.05) is 0 Å². The predicted octanol–water partition coefficient (Wildman–Crippen LogP) is 3.06. The summed E-state index contributed by atoms with van der Waals surface area (Å²) in [5.74, 6) is 1.75. The number of para-hydroxylation sites is 2. The van der Waals surface area contributed by atoms with Gasteiger partial charge in [-0.3, -0.25) is 4.79 Å². The standard InChI is InChI=1S/C15H16N4OS/c1-9(2)12-7-14(20)19-15(18-12)21-8-13-16-10-5-3-4-6-11(10)17-13/h3-7,9H,8H2,1-2H3,(H,16,17)(H,18,19,20). The fraction of sp³-hybridized carbons (Fsp3) is 0.267. The van der Waals surface area contributed by atoms with Gasteiger partial charge in [0.2, 0.25) is 0 Å². The van der Waals surface area contributed by atoms with Crippen molar-refractivity contribution in [3.8, 4) is 0 Å². The Bertz CT molecular complexity index is 789. The molecule has 3 aromatic rings. The van der Waals surface area contributed by atoms with Crippen LogP contribution in [-0.4, -0.2) is 19.9 Å². The molecule has 0 bridgehead atoms. The minimum absolute atomic E-state index is 0.110. The number of imidazole rings is 1. The Morgan fingerprint density at radius 1 is 1.19 bits per heavy atom. The van der Waals surface area contributed by atoms with Gasteiger partial charge in [0.05, 0.1) is 22.5 Å². The first-order valence-electron chi connectivity index (χ1n) is 6.79. The summed E-state index contributed by atoms with van der Waals surface area (Å²) in [6, 6.07) is 9.46. The topological polar surface area (TPSA) is 74.4 Å². The van der Waals surface area contributed by atoms with E-state index in [1.54, 1.807) is 6.07 Å². The zero-order chi connectivity index (χ0) is 14.8. The highest BCUT2D eigenvalue weighted by molar-refractivity contribution is 7.98. The third kappa shape index (κ3) is 3.16. The summed E-state index contributed by atoms with van der Waals surface area (Å²) >= 11 is 1.47. The summed E-state index contributed by atoms with van der Waals surface area (Å²) in [5, 5.41) is 0.631. The third-order valence-electron chi connectivity index (χ3n) is 3.12. The second kappa shape index (κ2) is 5.73. The van der Waals surface area contributed by atoms with Gasteiger partial charge in [0.15, 0.2) is 5.16 Å². The molecule has 5 nitrogen and oxygen atoms in total. The molecule has 6 heteroatoms. The molecule has 2 heterocycles. The summed E-state index contributed by atoms with van der Waals surface area (Å²) in [5.41, 5.74) is 2.67. The first-order chi connectivity index (χ1) is 10.1. The monoisotopic (exact) mass is 300 g/mol. The van der Waals surface area contributed by atoms with E-state index in [0.717, 1.165) is 22.6 Å². The second-order valence-corrected chi connectivity index (χ2v) is 6.08. The Labute approximate surface area is 126 Å². The highest BCUT2D eigenvalue weighted by Crippen LogP contribution is 2.20. The van der Waals surface area contributed by atoms with Gasteiger partial charge >= 0.3 is 0 Å². The van der Waals surface area contributed by atoms with Crippen molar-refractivity contribution in [1.82, 2.24) is 19.9 Å². The van der Waals surface area contributed by atoms with E-state index in [9.17, 15) is 4.79 Å². The maximum atomic E-state index is 11.6. The van der Waals surface area contributed by atoms with E-state index >= 15 is 0 Å². The number of H-pyrrole nitrogens is 2. The molecule has 0 aliphatic carbocycles. The molecule has 0 aliphatic heterocycles. The van der Waals surface area contributed by atoms with E-state index in [0.29, 0.717) is 10.9 Å². The van der Waals surface area contributed by atoms with Gasteiger partial charge in [-0.25, -0.2) is 9.97 Å². The summed E-state index contributed by atoms with van der Waals surface area (Å²) < 4.78 is 0. The van der Waals surface area contributed by atoms with Crippen molar-refractivity contribution in [2.24, 2.45) is 0 Å². The van der Waals surface area contributed by atoms with E-state index in [-0.39, 0.29) is 11.5 Å². The minimum atomic E-state index is -0.110. The lowest BCUT2D eigenvalue weighted by atomic mass is 10.1. The van der Waals surface area contributed by atoms with E-state index in [4.69, 9.17) is 0 Å². The second-order valence-electron chi connectivity index (χ2n) is 5.12. The van der Waals surface area contributed by atoms with Crippen LogP contribution < -0.4 is 5.56 Å². The van der Waals surface area contributed by atoms with E-state index in [2.05, 4.69) is 19.9 Å². The summed E-state index contributed by atoms with van der Waals surface area (Å²) in [6.07, 6.45) is 0. The van der Waals surface area contributed by atoms with E-state index in [1.807, 2.05) is 38.1 Å². The number of aromatic amines is 2. The lowest BCUT2D eigenvalue weighted by Gasteiger charge is -2.05. The molecule has 0 spiro atoms. The summed E-state index contributed by atoms with van der Waals surface area (Å²) in [6.45, 7) is 4.05. The molecule has 0 fully saturated rings. The van der Waals surface area contributed by atoms with Crippen LogP contribution in [0.3, 0.4) is 0 Å². The molecular weight excluding hydrogens is 284 g/mol. The SMILES string of the molecule is CC(C)c1cc(=O)[nH]c(SCc2nc3ccccc3[nH]2)n1. The van der Waals surface area contributed by atoms with E-state index < -0.39 is 0 Å². The van der Waals surface area contributed by atoms with Gasteiger partial charge in [0.1, 0.15) is 5.82 Å². The highest BCUT2D eigenvalue weighted by Gasteiger charge is 2.07. The Kier molecular flexibility index (Phi) is 3.79. The van der Waals surface area contributed by atoms with Crippen molar-refractivity contribution in [3.05, 3.63) is 52.2 Å². The quantitative estimate of drug-likeness (QED) is 0.573. The van der Waals surface area contributed by atoms with Crippen LogP contribution >= 0.6 is 11.8 Å². The first kappa shape index (κ1) is 13.9. The Balaban J connectivity index is 1.79. The lowest BCUT2D eigenvalue weighted by molar-refractivity contribution is 0.769. The maximum Gasteiger partial charge on any atom is 0.251 e. The lowest BCUT2D eigenvalue weighted by Crippen LogP contribution is -2.10. The van der Waals surface area contributed by atoms with Crippen LogP contribution in [0.5, 0.6) is 0 Å². The number of hydrogen-bond acceptors (Lipinski definition) is 4. The number of thioether (sulfide) groups is 1. The first-order valence-corrected chi connectivity index (χ1v) is 7.78. The Morgan fingerprint density at radius 3 is 2.76 bits per heavy atom. The van der Waals surface area contributed by atoms with Gasteiger partial charge in [0, 0.05) is 6.07 Å². The van der Waals surface area contributed by atoms with E-state index in [1.165, 1.54) is 11.8 Å². The largest absolute Gasteiger partial charge is 0.341 e. The molecule has 0 aliphatic rings. The van der Waals surface area contributed by atoms with Crippen molar-refractivity contribution >= 4 is 22.8 Å². The zero-order valence-corrected chi connectivity index (χ0v) is 12.7. The maximum absolute atomic E-state index is 11.6. The predicted molar refractivity (Wildman–Crippen MR) is 84.6 cm³/mol. The molecule has 1 aromatic carbocycles. The highest BCUT2D eigenvalue weighted by atomic mass is 32.2. The molecule has 108 valence electrons. The molecule has 0 amide bonds. The molecule has 3 rings (SSSR count). The van der Waals surface area contributed by atoms with Gasteiger partial charge in [-0.05, 0) is 18.1 Å². The van der Waals surface area contributed by atoms with Gasteiger partial charge < -0.3 is 9.97 Å². The van der Waals surface area contributed by atoms with Crippen molar-refractivity contribution in [1.29, 1.82) is 0 Å². The van der Waals surface area contributed by atoms with Gasteiger partial charge in [-0.1, -0.05) is 37.7 Å². The number of nitrogens with zero attached hydrogens (tertiary/aromatic N) is 2.